The number of benzene rings is 4. The van der Waals surface area contributed by atoms with Crippen molar-refractivity contribution in [1.82, 2.24) is 9.99 Å². The number of pyridine rings is 1. The van der Waals surface area contributed by atoms with Gasteiger partial charge in [0.05, 0.1) is 6.04 Å². The van der Waals surface area contributed by atoms with E-state index in [2.05, 4.69) is 59.3 Å². The molecule has 1 heterocycles. The molecule has 0 aliphatic carbocycles. The van der Waals surface area contributed by atoms with Crippen molar-refractivity contribution in [3.63, 3.8) is 0 Å². The largest absolute Gasteiger partial charge is 0.502 e. The van der Waals surface area contributed by atoms with E-state index in [9.17, 15) is 14.7 Å². The molecule has 5 rings (SSSR count). The van der Waals surface area contributed by atoms with Gasteiger partial charge in [0, 0.05) is 19.3 Å². The van der Waals surface area contributed by atoms with Gasteiger partial charge in [0.25, 0.3) is 5.91 Å². The van der Waals surface area contributed by atoms with E-state index >= 15 is 0 Å². The first-order valence-corrected chi connectivity index (χ1v) is 11.0. The van der Waals surface area contributed by atoms with Crippen LogP contribution in [0, 0.1) is 0 Å². The lowest BCUT2D eigenvalue weighted by atomic mass is 9.95. The lowest BCUT2D eigenvalue weighted by Gasteiger charge is -2.25. The van der Waals surface area contributed by atoms with Crippen molar-refractivity contribution in [1.29, 1.82) is 0 Å². The summed E-state index contributed by atoms with van der Waals surface area (Å²) in [6.45, 7) is 0. The van der Waals surface area contributed by atoms with E-state index in [1.807, 2.05) is 36.4 Å². The summed E-state index contributed by atoms with van der Waals surface area (Å²) < 4.78 is 1.41. The number of nitrogens with zero attached hydrogens (tertiary/aromatic N) is 1. The van der Waals surface area contributed by atoms with Crippen LogP contribution in [0.5, 0.6) is 5.75 Å². The summed E-state index contributed by atoms with van der Waals surface area (Å²) in [6.07, 6.45) is 1.46. The van der Waals surface area contributed by atoms with E-state index in [-0.39, 0.29) is 11.7 Å². The number of carbonyl (C=O) groups is 1. The molecule has 6 heteroatoms. The minimum atomic E-state index is -0.621. The van der Waals surface area contributed by atoms with E-state index in [0.717, 1.165) is 32.7 Å². The second-order valence-electron chi connectivity index (χ2n) is 8.10. The molecule has 168 valence electrons. The summed E-state index contributed by atoms with van der Waals surface area (Å²) in [5.74, 6) is -1.18. The van der Waals surface area contributed by atoms with Crippen LogP contribution in [0.4, 0.5) is 0 Å². The van der Waals surface area contributed by atoms with Crippen LogP contribution < -0.4 is 16.2 Å². The highest BCUT2D eigenvalue weighted by Crippen LogP contribution is 2.29. The lowest BCUT2D eigenvalue weighted by molar-refractivity contribution is 0.0951. The molecule has 0 bridgehead atoms. The fraction of sp³-hybridized carbons (Fsp3) is 0.0714. The van der Waals surface area contributed by atoms with Gasteiger partial charge in [0.15, 0.2) is 11.4 Å². The maximum Gasteiger partial charge on any atom is 0.273 e. The van der Waals surface area contributed by atoms with Crippen LogP contribution in [-0.4, -0.2) is 22.7 Å². The molecule has 5 aromatic rings. The van der Waals surface area contributed by atoms with Crippen LogP contribution in [0.25, 0.3) is 21.5 Å². The van der Waals surface area contributed by atoms with Gasteiger partial charge in [0.1, 0.15) is 0 Å². The van der Waals surface area contributed by atoms with Crippen LogP contribution in [0.1, 0.15) is 27.7 Å². The molecule has 0 atom stereocenters. The topological polar surface area (TPSA) is 83.4 Å². The van der Waals surface area contributed by atoms with E-state index in [1.165, 1.54) is 24.0 Å². The number of aromatic hydroxyl groups is 1. The van der Waals surface area contributed by atoms with Gasteiger partial charge in [-0.1, -0.05) is 72.8 Å². The number of fused-ring (bicyclic) bond motifs is 2. The minimum absolute atomic E-state index is 0.151. The Labute approximate surface area is 196 Å². The van der Waals surface area contributed by atoms with Crippen molar-refractivity contribution in [3.8, 4) is 5.75 Å². The standard InChI is InChI=1S/C28H23N3O3/c1-29-28(34)26-27(33)24(32)14-15-31(26)30-25(22-12-10-18-6-2-4-8-20(18)16-22)23-13-11-19-7-3-5-9-21(19)17-23/h2-17,25,30,33H,1H3,(H,29,34). The lowest BCUT2D eigenvalue weighted by Crippen LogP contribution is -2.32. The molecule has 1 amide bonds. The molecule has 0 radical (unpaired) electrons. The highest BCUT2D eigenvalue weighted by Gasteiger charge is 2.21. The number of nitrogens with one attached hydrogen (secondary N) is 2. The number of rotatable bonds is 5. The maximum atomic E-state index is 12.5. The van der Waals surface area contributed by atoms with Gasteiger partial charge in [-0.3, -0.25) is 14.3 Å². The first-order chi connectivity index (χ1) is 16.5. The smallest absolute Gasteiger partial charge is 0.273 e. The Balaban J connectivity index is 1.69. The van der Waals surface area contributed by atoms with Crippen LogP contribution in [0.15, 0.2) is 102 Å². The maximum absolute atomic E-state index is 12.5. The fourth-order valence-electron chi connectivity index (χ4n) is 4.22. The minimum Gasteiger partial charge on any atom is -0.502 e. The van der Waals surface area contributed by atoms with Crippen molar-refractivity contribution < 1.29 is 9.90 Å². The Morgan fingerprint density at radius 3 is 1.85 bits per heavy atom. The van der Waals surface area contributed by atoms with Crippen LogP contribution >= 0.6 is 0 Å². The molecule has 0 aliphatic heterocycles. The number of amides is 1. The number of aromatic nitrogens is 1. The molecule has 0 saturated heterocycles. The molecule has 0 fully saturated rings. The van der Waals surface area contributed by atoms with E-state index in [4.69, 9.17) is 0 Å². The van der Waals surface area contributed by atoms with Crippen molar-refractivity contribution >= 4 is 27.5 Å². The molecule has 4 aromatic carbocycles. The molecule has 0 unspecified atom stereocenters. The van der Waals surface area contributed by atoms with Crippen molar-refractivity contribution in [3.05, 3.63) is 124 Å². The molecule has 0 spiro atoms. The highest BCUT2D eigenvalue weighted by atomic mass is 16.3. The molecule has 34 heavy (non-hydrogen) atoms. The summed E-state index contributed by atoms with van der Waals surface area (Å²) >= 11 is 0. The Morgan fingerprint density at radius 1 is 0.794 bits per heavy atom. The predicted octanol–water partition coefficient (Wildman–Crippen LogP) is 4.55. The highest BCUT2D eigenvalue weighted by molar-refractivity contribution is 5.95. The van der Waals surface area contributed by atoms with E-state index < -0.39 is 17.1 Å². The summed E-state index contributed by atoms with van der Waals surface area (Å²) in [4.78, 5) is 24.6. The molecule has 3 N–H and O–H groups in total. The van der Waals surface area contributed by atoms with Gasteiger partial charge in [-0.25, -0.2) is 0 Å². The van der Waals surface area contributed by atoms with Gasteiger partial charge < -0.3 is 15.8 Å². The van der Waals surface area contributed by atoms with E-state index in [0.29, 0.717) is 0 Å². The van der Waals surface area contributed by atoms with Gasteiger partial charge in [-0.2, -0.15) is 0 Å². The van der Waals surface area contributed by atoms with Crippen molar-refractivity contribution in [2.75, 3.05) is 12.5 Å². The monoisotopic (exact) mass is 449 g/mol. The third kappa shape index (κ3) is 3.86. The Kier molecular flexibility index (Phi) is 5.47. The normalized spacial score (nSPS) is 11.1. The van der Waals surface area contributed by atoms with Gasteiger partial charge in [-0.15, -0.1) is 0 Å². The summed E-state index contributed by atoms with van der Waals surface area (Å²) in [6, 6.07) is 29.5. The SMILES string of the molecule is CNC(=O)c1c(O)c(=O)ccn1NC(c1ccc2ccccc2c1)c1ccc2ccccc2c1. The Morgan fingerprint density at radius 2 is 1.32 bits per heavy atom. The fourth-order valence-corrected chi connectivity index (χ4v) is 4.22. The quantitative estimate of drug-likeness (QED) is 0.368. The van der Waals surface area contributed by atoms with E-state index in [1.54, 1.807) is 0 Å². The molecular weight excluding hydrogens is 426 g/mol. The van der Waals surface area contributed by atoms with Crippen molar-refractivity contribution in [2.24, 2.45) is 0 Å². The third-order valence-electron chi connectivity index (χ3n) is 6.00. The van der Waals surface area contributed by atoms with Crippen LogP contribution in [0.2, 0.25) is 0 Å². The average molecular weight is 450 g/mol. The number of carbonyl (C=O) groups excluding carboxylic acids is 1. The van der Waals surface area contributed by atoms with Crippen LogP contribution in [0.3, 0.4) is 0 Å². The zero-order valence-corrected chi connectivity index (χ0v) is 18.5. The van der Waals surface area contributed by atoms with Gasteiger partial charge in [-0.05, 0) is 44.8 Å². The number of hydrogen-bond donors (Lipinski definition) is 3. The molecule has 6 nitrogen and oxygen atoms in total. The zero-order valence-electron chi connectivity index (χ0n) is 18.5. The second kappa shape index (κ2) is 8.75. The molecule has 0 saturated carbocycles. The number of hydrogen-bond acceptors (Lipinski definition) is 4. The first kappa shape index (κ1) is 21.3. The molecule has 1 aromatic heterocycles. The molecular formula is C28H23N3O3. The third-order valence-corrected chi connectivity index (χ3v) is 6.00. The second-order valence-corrected chi connectivity index (χ2v) is 8.10. The average Bonchev–Trinajstić information content (AvgIpc) is 2.88. The van der Waals surface area contributed by atoms with Crippen molar-refractivity contribution in [2.45, 2.75) is 6.04 Å². The molecule has 0 aliphatic rings. The van der Waals surface area contributed by atoms with Crippen LogP contribution in [-0.2, 0) is 0 Å². The Hall–Kier alpha value is -4.58. The first-order valence-electron chi connectivity index (χ1n) is 11.0. The van der Waals surface area contributed by atoms with Gasteiger partial charge in [0.2, 0.25) is 5.43 Å². The summed E-state index contributed by atoms with van der Waals surface area (Å²) in [5, 5.41) is 17.3. The summed E-state index contributed by atoms with van der Waals surface area (Å²) in [5.41, 5.74) is 4.51. The summed E-state index contributed by atoms with van der Waals surface area (Å²) in [7, 11) is 1.45. The zero-order chi connectivity index (χ0) is 23.7. The predicted molar refractivity (Wildman–Crippen MR) is 135 cm³/mol. The van der Waals surface area contributed by atoms with Gasteiger partial charge >= 0.3 is 0 Å². The Bertz CT molecular complexity index is 1510.